The Hall–Kier alpha value is -3.12. The Balaban J connectivity index is 1.41. The minimum absolute atomic E-state index is 0.988. The van der Waals surface area contributed by atoms with Gasteiger partial charge in [0.2, 0.25) is 0 Å². The molecule has 0 fully saturated rings. The zero-order valence-electron chi connectivity index (χ0n) is 18.2. The summed E-state index contributed by atoms with van der Waals surface area (Å²) >= 11 is 4.92. The molecule has 3 aromatic carbocycles. The van der Waals surface area contributed by atoms with E-state index < -0.39 is 0 Å². The van der Waals surface area contributed by atoms with Gasteiger partial charge in [0.25, 0.3) is 0 Å². The smallest absolute Gasteiger partial charge is 0.114 e. The lowest BCUT2D eigenvalue weighted by Gasteiger charge is -2.05. The van der Waals surface area contributed by atoms with Crippen molar-refractivity contribution < 1.29 is 0 Å². The van der Waals surface area contributed by atoms with Crippen molar-refractivity contribution in [2.45, 2.75) is 13.8 Å². The number of nitrogens with zero attached hydrogens (tertiary/aromatic N) is 2. The van der Waals surface area contributed by atoms with Crippen LogP contribution in [-0.4, -0.2) is 8.75 Å². The molecule has 0 aliphatic rings. The van der Waals surface area contributed by atoms with Gasteiger partial charge in [0, 0.05) is 30.6 Å². The highest BCUT2D eigenvalue weighted by atomic mass is 32.1. The number of hydrogen-bond donors (Lipinski definition) is 0. The predicted octanol–water partition coefficient (Wildman–Crippen LogP) is 9.10. The lowest BCUT2D eigenvalue weighted by atomic mass is 10.1. The molecule has 0 unspecified atom stereocenters. The first kappa shape index (κ1) is 20.5. The van der Waals surface area contributed by atoms with Crippen LogP contribution in [-0.2, 0) is 0 Å². The third-order valence-corrected chi connectivity index (χ3v) is 8.81. The van der Waals surface area contributed by atoms with Crippen LogP contribution in [0.15, 0.2) is 84.9 Å². The molecule has 0 N–H and O–H groups in total. The molecule has 0 saturated heterocycles. The maximum Gasteiger partial charge on any atom is 0.114 e. The first-order valence-corrected chi connectivity index (χ1v) is 13.1. The summed E-state index contributed by atoms with van der Waals surface area (Å²) < 4.78 is 9.40. The van der Waals surface area contributed by atoms with Gasteiger partial charge in [0.15, 0.2) is 0 Å². The van der Waals surface area contributed by atoms with Gasteiger partial charge in [-0.05, 0) is 60.4 Å². The summed E-state index contributed by atoms with van der Waals surface area (Å²) in [6, 6.07) is 30.4. The van der Waals surface area contributed by atoms with Gasteiger partial charge in [-0.1, -0.05) is 60.7 Å². The summed E-state index contributed by atoms with van der Waals surface area (Å²) in [6.45, 7) is 4.33. The molecule has 0 saturated carbocycles. The van der Waals surface area contributed by atoms with Crippen LogP contribution in [0.4, 0.5) is 0 Å². The van der Waals surface area contributed by atoms with Crippen molar-refractivity contribution in [1.82, 2.24) is 8.75 Å². The summed E-state index contributed by atoms with van der Waals surface area (Å²) in [5, 5.41) is 0. The molecule has 0 radical (unpaired) electrons. The highest BCUT2D eigenvalue weighted by molar-refractivity contribution is 7.19. The van der Waals surface area contributed by atoms with Crippen molar-refractivity contribution in [3.05, 3.63) is 96.1 Å². The van der Waals surface area contributed by atoms with E-state index in [0.717, 1.165) is 22.2 Å². The van der Waals surface area contributed by atoms with E-state index in [2.05, 4.69) is 98.8 Å². The predicted molar refractivity (Wildman–Crippen MR) is 144 cm³/mol. The fraction of sp³-hybridized carbons (Fsp3) is 0.0714. The van der Waals surface area contributed by atoms with Crippen LogP contribution in [0.2, 0.25) is 0 Å². The van der Waals surface area contributed by atoms with E-state index in [1.807, 2.05) is 22.7 Å². The Labute approximate surface area is 205 Å². The van der Waals surface area contributed by atoms with Gasteiger partial charge in [-0.2, -0.15) is 8.75 Å². The SMILES string of the molecule is Cc1ccccc1-c1ccc(-c2ccc(-c3ccc(-c4ccccc4C)s3)c3nsnc23)s1. The maximum absolute atomic E-state index is 4.70. The fourth-order valence-electron chi connectivity index (χ4n) is 4.22. The van der Waals surface area contributed by atoms with E-state index in [9.17, 15) is 0 Å². The van der Waals surface area contributed by atoms with E-state index in [4.69, 9.17) is 8.75 Å². The zero-order chi connectivity index (χ0) is 22.4. The molecular formula is C28H20N2S3. The highest BCUT2D eigenvalue weighted by Gasteiger charge is 2.17. The van der Waals surface area contributed by atoms with Crippen molar-refractivity contribution in [2.75, 3.05) is 0 Å². The number of fused-ring (bicyclic) bond motifs is 1. The molecule has 0 amide bonds. The maximum atomic E-state index is 4.70. The third kappa shape index (κ3) is 3.62. The van der Waals surface area contributed by atoms with Crippen LogP contribution in [0.25, 0.3) is 52.8 Å². The fourth-order valence-corrected chi connectivity index (χ4v) is 7.04. The molecule has 0 atom stereocenters. The molecule has 0 spiro atoms. The Kier molecular flexibility index (Phi) is 5.18. The summed E-state index contributed by atoms with van der Waals surface area (Å²) in [5.74, 6) is 0. The zero-order valence-corrected chi connectivity index (χ0v) is 20.7. The van der Waals surface area contributed by atoms with Crippen LogP contribution >= 0.6 is 34.4 Å². The minimum Gasteiger partial charge on any atom is -0.172 e. The highest BCUT2D eigenvalue weighted by Crippen LogP contribution is 2.42. The second-order valence-electron chi connectivity index (χ2n) is 8.08. The van der Waals surface area contributed by atoms with E-state index in [0.29, 0.717) is 0 Å². The van der Waals surface area contributed by atoms with E-state index in [1.54, 1.807) is 0 Å². The van der Waals surface area contributed by atoms with Crippen molar-refractivity contribution in [2.24, 2.45) is 0 Å². The van der Waals surface area contributed by atoms with Gasteiger partial charge in [-0.25, -0.2) is 0 Å². The number of rotatable bonds is 4. The molecule has 0 aliphatic heterocycles. The van der Waals surface area contributed by atoms with Crippen molar-refractivity contribution in [1.29, 1.82) is 0 Å². The molecule has 0 bridgehead atoms. The van der Waals surface area contributed by atoms with Crippen LogP contribution in [0, 0.1) is 13.8 Å². The third-order valence-electron chi connectivity index (χ3n) is 5.98. The van der Waals surface area contributed by atoms with Gasteiger partial charge >= 0.3 is 0 Å². The molecule has 5 heteroatoms. The normalized spacial score (nSPS) is 11.3. The Bertz CT molecular complexity index is 1480. The van der Waals surface area contributed by atoms with Crippen molar-refractivity contribution in [3.8, 4) is 41.8 Å². The number of aromatic nitrogens is 2. The van der Waals surface area contributed by atoms with Gasteiger partial charge < -0.3 is 0 Å². The van der Waals surface area contributed by atoms with E-state index >= 15 is 0 Å². The molecule has 160 valence electrons. The number of hydrogen-bond acceptors (Lipinski definition) is 5. The standard InChI is InChI=1S/C28H20N2S3/c1-17-7-3-5-9-19(17)23-13-15-25(31-23)21-11-12-22(28-27(21)29-33-30-28)26-16-14-24(32-26)20-10-6-4-8-18(20)2/h3-16H,1-2H3. The first-order valence-electron chi connectivity index (χ1n) is 10.8. The molecule has 6 rings (SSSR count). The van der Waals surface area contributed by atoms with Crippen LogP contribution in [0.1, 0.15) is 11.1 Å². The summed E-state index contributed by atoms with van der Waals surface area (Å²) in [7, 11) is 0. The van der Waals surface area contributed by atoms with E-state index in [-0.39, 0.29) is 0 Å². The average Bonchev–Trinajstić information content (AvgIpc) is 3.59. The van der Waals surface area contributed by atoms with Gasteiger partial charge in [-0.15, -0.1) is 22.7 Å². The van der Waals surface area contributed by atoms with Crippen LogP contribution < -0.4 is 0 Å². The molecule has 33 heavy (non-hydrogen) atoms. The molecule has 3 heterocycles. The van der Waals surface area contributed by atoms with Gasteiger partial charge in [0.05, 0.1) is 11.7 Å². The summed E-state index contributed by atoms with van der Waals surface area (Å²) in [4.78, 5) is 5.02. The molecule has 2 nitrogen and oxygen atoms in total. The van der Waals surface area contributed by atoms with Crippen molar-refractivity contribution in [3.63, 3.8) is 0 Å². The molecule has 0 aliphatic carbocycles. The number of thiophene rings is 2. The Morgan fingerprint density at radius 2 is 0.848 bits per heavy atom. The van der Waals surface area contributed by atoms with Crippen molar-refractivity contribution >= 4 is 45.4 Å². The number of aryl methyl sites for hydroxylation is 2. The lowest BCUT2D eigenvalue weighted by molar-refractivity contribution is 1.48. The topological polar surface area (TPSA) is 25.8 Å². The molecule has 3 aromatic heterocycles. The van der Waals surface area contributed by atoms with Crippen LogP contribution in [0.5, 0.6) is 0 Å². The molecular weight excluding hydrogens is 461 g/mol. The van der Waals surface area contributed by atoms with Gasteiger partial charge in [0.1, 0.15) is 11.0 Å². The largest absolute Gasteiger partial charge is 0.172 e. The van der Waals surface area contributed by atoms with Crippen LogP contribution in [0.3, 0.4) is 0 Å². The Morgan fingerprint density at radius 1 is 0.455 bits per heavy atom. The number of benzene rings is 3. The van der Waals surface area contributed by atoms with E-state index in [1.165, 1.54) is 53.5 Å². The summed E-state index contributed by atoms with van der Waals surface area (Å²) in [6.07, 6.45) is 0. The first-order chi connectivity index (χ1) is 16.2. The Morgan fingerprint density at radius 3 is 1.27 bits per heavy atom. The second-order valence-corrected chi connectivity index (χ2v) is 10.8. The monoisotopic (exact) mass is 480 g/mol. The lowest BCUT2D eigenvalue weighted by Crippen LogP contribution is -1.82. The molecule has 6 aromatic rings. The summed E-state index contributed by atoms with van der Waals surface area (Å²) in [5.41, 5.74) is 9.46. The average molecular weight is 481 g/mol. The quantitative estimate of drug-likeness (QED) is 0.251. The second kappa shape index (κ2) is 8.34. The van der Waals surface area contributed by atoms with Gasteiger partial charge in [-0.3, -0.25) is 0 Å². The minimum atomic E-state index is 0.988.